The lowest BCUT2D eigenvalue weighted by atomic mass is 9.98. The van der Waals surface area contributed by atoms with Gasteiger partial charge < -0.3 is 14.5 Å². The van der Waals surface area contributed by atoms with Crippen LogP contribution >= 0.6 is 11.3 Å². The first-order valence-electron chi connectivity index (χ1n) is 7.32. The van der Waals surface area contributed by atoms with Crippen molar-refractivity contribution >= 4 is 32.3 Å². The van der Waals surface area contributed by atoms with Crippen LogP contribution in [0.5, 0.6) is 11.5 Å². The summed E-state index contributed by atoms with van der Waals surface area (Å²) in [5, 5.41) is 3.78. The zero-order valence-electron chi connectivity index (χ0n) is 13.1. The summed E-state index contributed by atoms with van der Waals surface area (Å²) in [6, 6.07) is 7.59. The maximum absolute atomic E-state index is 12.2. The second kappa shape index (κ2) is 5.65. The molecule has 0 fully saturated rings. The third kappa shape index (κ3) is 2.15. The number of benzene rings is 1. The molecule has 0 bridgehead atoms. The molecule has 4 rings (SSSR count). The molecule has 0 atom stereocenters. The first kappa shape index (κ1) is 14.7. The Hall–Kier alpha value is -2.86. The van der Waals surface area contributed by atoms with Crippen LogP contribution < -0.4 is 15.0 Å². The Bertz CT molecular complexity index is 1110. The minimum absolute atomic E-state index is 0.0765. The van der Waals surface area contributed by atoms with Crippen molar-refractivity contribution in [1.82, 2.24) is 9.97 Å². The molecule has 0 saturated heterocycles. The van der Waals surface area contributed by atoms with Gasteiger partial charge in [0.15, 0.2) is 0 Å². The molecule has 0 aliphatic heterocycles. The number of thiophene rings is 1. The van der Waals surface area contributed by atoms with E-state index in [-0.39, 0.29) is 5.56 Å². The van der Waals surface area contributed by atoms with Crippen LogP contribution in [0.25, 0.3) is 32.1 Å². The Labute approximate surface area is 141 Å². The maximum Gasteiger partial charge on any atom is 0.266 e. The van der Waals surface area contributed by atoms with Gasteiger partial charge in [-0.2, -0.15) is 0 Å². The predicted octanol–water partition coefficient (Wildman–Crippen LogP) is 3.82. The number of methoxy groups -OCH3 is 2. The fourth-order valence-corrected chi connectivity index (χ4v) is 3.75. The van der Waals surface area contributed by atoms with Gasteiger partial charge in [-0.05, 0) is 29.6 Å². The van der Waals surface area contributed by atoms with Crippen molar-refractivity contribution in [3.63, 3.8) is 0 Å². The van der Waals surface area contributed by atoms with Crippen LogP contribution in [0.2, 0.25) is 0 Å². The molecule has 0 unspecified atom stereocenters. The standard InChI is InChI=1S/C18H14N2O3S/c1-22-11-7-10(8-19-9-11)15-14(23-2)4-3-13-16(15)12-5-6-24-17(12)18(21)20-13/h3-9H,1-2H3,(H,20,21). The van der Waals surface area contributed by atoms with Crippen molar-refractivity contribution in [2.24, 2.45) is 0 Å². The van der Waals surface area contributed by atoms with Gasteiger partial charge in [-0.3, -0.25) is 9.78 Å². The lowest BCUT2D eigenvalue weighted by Gasteiger charge is -2.13. The average molecular weight is 338 g/mol. The lowest BCUT2D eigenvalue weighted by Crippen LogP contribution is -2.05. The van der Waals surface area contributed by atoms with Crippen molar-refractivity contribution in [3.8, 4) is 22.6 Å². The van der Waals surface area contributed by atoms with Crippen LogP contribution in [0.3, 0.4) is 0 Å². The van der Waals surface area contributed by atoms with Gasteiger partial charge >= 0.3 is 0 Å². The van der Waals surface area contributed by atoms with E-state index in [0.717, 1.165) is 33.2 Å². The number of rotatable bonds is 3. The van der Waals surface area contributed by atoms with Crippen LogP contribution in [0.4, 0.5) is 0 Å². The maximum atomic E-state index is 12.2. The highest BCUT2D eigenvalue weighted by atomic mass is 32.1. The summed E-state index contributed by atoms with van der Waals surface area (Å²) in [6.07, 6.45) is 3.42. The Morgan fingerprint density at radius 1 is 1.12 bits per heavy atom. The quantitative estimate of drug-likeness (QED) is 0.617. The molecule has 5 nitrogen and oxygen atoms in total. The largest absolute Gasteiger partial charge is 0.496 e. The van der Waals surface area contributed by atoms with Crippen molar-refractivity contribution in [2.75, 3.05) is 14.2 Å². The van der Waals surface area contributed by atoms with Crippen LogP contribution in [0, 0.1) is 0 Å². The number of hydrogen-bond acceptors (Lipinski definition) is 5. The summed E-state index contributed by atoms with van der Waals surface area (Å²) in [4.78, 5) is 19.5. The molecular weight excluding hydrogens is 324 g/mol. The number of aromatic amines is 1. The second-order valence-corrected chi connectivity index (χ2v) is 6.21. The van der Waals surface area contributed by atoms with E-state index in [0.29, 0.717) is 10.4 Å². The molecule has 3 heterocycles. The third-order valence-corrected chi connectivity index (χ3v) is 4.93. The molecule has 0 radical (unpaired) electrons. The lowest BCUT2D eigenvalue weighted by molar-refractivity contribution is 0.412. The van der Waals surface area contributed by atoms with E-state index in [4.69, 9.17) is 9.47 Å². The Morgan fingerprint density at radius 2 is 2.00 bits per heavy atom. The summed E-state index contributed by atoms with van der Waals surface area (Å²) in [7, 11) is 3.24. The minimum Gasteiger partial charge on any atom is -0.496 e. The Morgan fingerprint density at radius 3 is 2.79 bits per heavy atom. The highest BCUT2D eigenvalue weighted by molar-refractivity contribution is 7.17. The SMILES string of the molecule is COc1cncc(-c2c(OC)ccc3[nH]c(=O)c4sccc4c23)c1. The molecular formula is C18H14N2O3S. The van der Waals surface area contributed by atoms with E-state index in [1.807, 2.05) is 29.6 Å². The van der Waals surface area contributed by atoms with Gasteiger partial charge in [0, 0.05) is 33.6 Å². The van der Waals surface area contributed by atoms with E-state index in [9.17, 15) is 4.79 Å². The van der Waals surface area contributed by atoms with Crippen molar-refractivity contribution in [2.45, 2.75) is 0 Å². The van der Waals surface area contributed by atoms with Crippen LogP contribution in [-0.2, 0) is 0 Å². The zero-order valence-corrected chi connectivity index (χ0v) is 13.9. The van der Waals surface area contributed by atoms with Gasteiger partial charge in [0.1, 0.15) is 16.2 Å². The van der Waals surface area contributed by atoms with E-state index >= 15 is 0 Å². The molecule has 4 aromatic rings. The highest BCUT2D eigenvalue weighted by Crippen LogP contribution is 2.40. The smallest absolute Gasteiger partial charge is 0.266 e. The zero-order chi connectivity index (χ0) is 16.7. The number of pyridine rings is 2. The Balaban J connectivity index is 2.19. The van der Waals surface area contributed by atoms with Crippen molar-refractivity contribution < 1.29 is 9.47 Å². The molecule has 0 aliphatic carbocycles. The number of fused-ring (bicyclic) bond motifs is 3. The second-order valence-electron chi connectivity index (χ2n) is 5.30. The molecule has 3 aromatic heterocycles. The summed E-state index contributed by atoms with van der Waals surface area (Å²) >= 11 is 1.43. The Kier molecular flexibility index (Phi) is 3.46. The highest BCUT2D eigenvalue weighted by Gasteiger charge is 2.16. The summed E-state index contributed by atoms with van der Waals surface area (Å²) in [5.41, 5.74) is 2.45. The molecule has 6 heteroatoms. The molecule has 0 aliphatic rings. The van der Waals surface area contributed by atoms with E-state index < -0.39 is 0 Å². The molecule has 0 spiro atoms. The summed E-state index contributed by atoms with van der Waals surface area (Å²) in [6.45, 7) is 0. The minimum atomic E-state index is -0.0765. The summed E-state index contributed by atoms with van der Waals surface area (Å²) in [5.74, 6) is 1.38. The number of aromatic nitrogens is 2. The normalized spacial score (nSPS) is 11.1. The summed E-state index contributed by atoms with van der Waals surface area (Å²) < 4.78 is 11.6. The third-order valence-electron chi connectivity index (χ3n) is 4.01. The van der Waals surface area contributed by atoms with E-state index in [1.54, 1.807) is 26.6 Å². The van der Waals surface area contributed by atoms with Gasteiger partial charge in [0.05, 0.1) is 20.4 Å². The molecule has 120 valence electrons. The first-order valence-corrected chi connectivity index (χ1v) is 8.20. The number of nitrogens with zero attached hydrogens (tertiary/aromatic N) is 1. The van der Waals surface area contributed by atoms with Gasteiger partial charge in [0.2, 0.25) is 0 Å². The molecule has 0 saturated carbocycles. The van der Waals surface area contributed by atoms with Gasteiger partial charge in [0.25, 0.3) is 5.56 Å². The van der Waals surface area contributed by atoms with Crippen molar-refractivity contribution in [3.05, 3.63) is 52.4 Å². The van der Waals surface area contributed by atoms with Crippen LogP contribution in [0.15, 0.2) is 46.8 Å². The van der Waals surface area contributed by atoms with E-state index in [1.165, 1.54) is 11.3 Å². The number of H-pyrrole nitrogens is 1. The predicted molar refractivity (Wildman–Crippen MR) is 96.3 cm³/mol. The average Bonchev–Trinajstić information content (AvgIpc) is 3.11. The monoisotopic (exact) mass is 338 g/mol. The molecule has 0 amide bonds. The molecule has 24 heavy (non-hydrogen) atoms. The van der Waals surface area contributed by atoms with Gasteiger partial charge in [-0.25, -0.2) is 0 Å². The van der Waals surface area contributed by atoms with Crippen LogP contribution in [-0.4, -0.2) is 24.2 Å². The van der Waals surface area contributed by atoms with Crippen molar-refractivity contribution in [1.29, 1.82) is 0 Å². The number of nitrogens with one attached hydrogen (secondary N) is 1. The first-order chi connectivity index (χ1) is 11.7. The number of hydrogen-bond donors (Lipinski definition) is 1. The van der Waals surface area contributed by atoms with Crippen LogP contribution in [0.1, 0.15) is 0 Å². The van der Waals surface area contributed by atoms with Gasteiger partial charge in [-0.1, -0.05) is 0 Å². The fraction of sp³-hybridized carbons (Fsp3) is 0.111. The topological polar surface area (TPSA) is 64.2 Å². The molecule has 1 aromatic carbocycles. The van der Waals surface area contributed by atoms with Gasteiger partial charge in [-0.15, -0.1) is 11.3 Å². The molecule has 1 N–H and O–H groups in total. The number of ether oxygens (including phenoxy) is 2. The fourth-order valence-electron chi connectivity index (χ4n) is 2.95. The van der Waals surface area contributed by atoms with E-state index in [2.05, 4.69) is 9.97 Å².